The third-order valence-electron chi connectivity index (χ3n) is 4.60. The molecule has 0 saturated carbocycles. The number of para-hydroxylation sites is 2. The average Bonchev–Trinajstić information content (AvgIpc) is 3.06. The van der Waals surface area contributed by atoms with Crippen molar-refractivity contribution in [3.63, 3.8) is 0 Å². The van der Waals surface area contributed by atoms with Gasteiger partial charge >= 0.3 is 0 Å². The molecule has 136 valence electrons. The number of pyridine rings is 1. The number of hydrogen-bond donors (Lipinski definition) is 0. The summed E-state index contributed by atoms with van der Waals surface area (Å²) >= 11 is 0. The van der Waals surface area contributed by atoms with Crippen LogP contribution in [0.5, 0.6) is 0 Å². The number of aromatic nitrogens is 2. The number of imide groups is 1. The van der Waals surface area contributed by atoms with Crippen LogP contribution in [-0.2, 0) is 9.59 Å². The normalized spacial score (nSPS) is 10.8. The standard InChI is InChI=1S/C22H16N4O2/c1-14(27)25(15(2)28)22-18(13-23)17(16-8-4-3-5-9-16)12-21-24-19-10-6-7-11-20(19)26(21)22/h3-12H,1-2H3. The topological polar surface area (TPSA) is 78.5 Å². The molecule has 28 heavy (non-hydrogen) atoms. The molecule has 0 atom stereocenters. The van der Waals surface area contributed by atoms with Gasteiger partial charge in [-0.25, -0.2) is 9.88 Å². The number of rotatable bonds is 2. The number of fused-ring (bicyclic) bond motifs is 3. The smallest absolute Gasteiger partial charge is 0.231 e. The first kappa shape index (κ1) is 17.4. The molecule has 2 heterocycles. The van der Waals surface area contributed by atoms with Gasteiger partial charge in [0.05, 0.1) is 11.0 Å². The number of nitriles is 1. The monoisotopic (exact) mass is 368 g/mol. The van der Waals surface area contributed by atoms with E-state index < -0.39 is 11.8 Å². The van der Waals surface area contributed by atoms with Gasteiger partial charge in [-0.3, -0.25) is 14.0 Å². The van der Waals surface area contributed by atoms with Crippen molar-refractivity contribution in [3.8, 4) is 17.2 Å². The summed E-state index contributed by atoms with van der Waals surface area (Å²) in [6, 6.07) is 20.8. The largest absolute Gasteiger partial charge is 0.277 e. The van der Waals surface area contributed by atoms with Gasteiger partial charge in [0, 0.05) is 19.4 Å². The predicted molar refractivity (Wildman–Crippen MR) is 107 cm³/mol. The van der Waals surface area contributed by atoms with Gasteiger partial charge in [0.2, 0.25) is 11.8 Å². The van der Waals surface area contributed by atoms with Gasteiger partial charge in [-0.1, -0.05) is 42.5 Å². The second-order valence-corrected chi connectivity index (χ2v) is 6.40. The van der Waals surface area contributed by atoms with Crippen LogP contribution in [0, 0.1) is 11.3 Å². The highest BCUT2D eigenvalue weighted by atomic mass is 16.2. The van der Waals surface area contributed by atoms with E-state index in [1.54, 1.807) is 4.40 Å². The summed E-state index contributed by atoms with van der Waals surface area (Å²) in [5.74, 6) is -0.714. The number of benzene rings is 2. The number of anilines is 1. The first-order chi connectivity index (χ1) is 13.5. The maximum Gasteiger partial charge on any atom is 0.231 e. The van der Waals surface area contributed by atoms with Crippen LogP contribution in [0.4, 0.5) is 5.82 Å². The van der Waals surface area contributed by atoms with E-state index in [-0.39, 0.29) is 11.4 Å². The lowest BCUT2D eigenvalue weighted by Gasteiger charge is -2.22. The van der Waals surface area contributed by atoms with Crippen LogP contribution in [0.15, 0.2) is 60.7 Å². The van der Waals surface area contributed by atoms with Gasteiger partial charge in [-0.2, -0.15) is 5.26 Å². The maximum atomic E-state index is 12.4. The zero-order chi connectivity index (χ0) is 19.8. The highest BCUT2D eigenvalue weighted by Crippen LogP contribution is 2.35. The molecular formula is C22H16N4O2. The van der Waals surface area contributed by atoms with E-state index in [0.717, 1.165) is 16.0 Å². The maximum absolute atomic E-state index is 12.4. The van der Waals surface area contributed by atoms with Gasteiger partial charge in [0.25, 0.3) is 0 Å². The molecular weight excluding hydrogens is 352 g/mol. The van der Waals surface area contributed by atoms with Crippen LogP contribution in [0.1, 0.15) is 19.4 Å². The number of carbonyl (C=O) groups is 2. The van der Waals surface area contributed by atoms with Gasteiger partial charge in [-0.15, -0.1) is 0 Å². The molecule has 2 aromatic heterocycles. The van der Waals surface area contributed by atoms with Gasteiger partial charge in [0.15, 0.2) is 0 Å². The summed E-state index contributed by atoms with van der Waals surface area (Å²) in [5, 5.41) is 10.0. The number of amides is 2. The Morgan fingerprint density at radius 1 is 1.00 bits per heavy atom. The lowest BCUT2D eigenvalue weighted by atomic mass is 10.0. The lowest BCUT2D eigenvalue weighted by molar-refractivity contribution is -0.124. The van der Waals surface area contributed by atoms with Crippen molar-refractivity contribution in [1.82, 2.24) is 9.38 Å². The molecule has 4 aromatic rings. The molecule has 0 aliphatic heterocycles. The van der Waals surface area contributed by atoms with Crippen molar-refractivity contribution < 1.29 is 9.59 Å². The summed E-state index contributed by atoms with van der Waals surface area (Å²) in [7, 11) is 0. The summed E-state index contributed by atoms with van der Waals surface area (Å²) in [6.07, 6.45) is 0. The fraction of sp³-hybridized carbons (Fsp3) is 0.0909. The molecule has 0 aliphatic rings. The SMILES string of the molecule is CC(=O)N(C(C)=O)c1c(C#N)c(-c2ccccc2)cc2nc3ccccc3n12. The van der Waals surface area contributed by atoms with Gasteiger partial charge in [0.1, 0.15) is 23.1 Å². The quantitative estimate of drug-likeness (QED) is 0.537. The Morgan fingerprint density at radius 3 is 2.29 bits per heavy atom. The third-order valence-corrected chi connectivity index (χ3v) is 4.60. The fourth-order valence-corrected chi connectivity index (χ4v) is 3.48. The number of hydrogen-bond acceptors (Lipinski definition) is 4. The van der Waals surface area contributed by atoms with Crippen LogP contribution in [0.2, 0.25) is 0 Å². The molecule has 0 N–H and O–H groups in total. The van der Waals surface area contributed by atoms with Crippen LogP contribution in [0.25, 0.3) is 27.8 Å². The highest BCUT2D eigenvalue weighted by Gasteiger charge is 2.27. The minimum Gasteiger partial charge on any atom is -0.277 e. The van der Waals surface area contributed by atoms with Gasteiger partial charge in [-0.05, 0) is 23.8 Å². The molecule has 4 rings (SSSR count). The first-order valence-electron chi connectivity index (χ1n) is 8.74. The Hall–Kier alpha value is -3.98. The second-order valence-electron chi connectivity index (χ2n) is 6.40. The van der Waals surface area contributed by atoms with E-state index in [2.05, 4.69) is 11.1 Å². The summed E-state index contributed by atoms with van der Waals surface area (Å²) in [5.41, 5.74) is 3.66. The van der Waals surface area contributed by atoms with E-state index in [9.17, 15) is 14.9 Å². The van der Waals surface area contributed by atoms with Crippen molar-refractivity contribution >= 4 is 34.3 Å². The lowest BCUT2D eigenvalue weighted by Crippen LogP contribution is -2.35. The van der Waals surface area contributed by atoms with Crippen molar-refractivity contribution in [2.75, 3.05) is 4.90 Å². The zero-order valence-corrected chi connectivity index (χ0v) is 15.4. The zero-order valence-electron chi connectivity index (χ0n) is 15.4. The molecule has 0 bridgehead atoms. The molecule has 2 amide bonds. The molecule has 0 saturated heterocycles. The molecule has 0 fully saturated rings. The minimum atomic E-state index is -0.465. The second kappa shape index (κ2) is 6.63. The highest BCUT2D eigenvalue weighted by molar-refractivity contribution is 6.14. The van der Waals surface area contributed by atoms with Crippen LogP contribution in [0.3, 0.4) is 0 Å². The predicted octanol–water partition coefficient (Wildman–Crippen LogP) is 3.93. The Labute approximate surface area is 161 Å². The number of carbonyl (C=O) groups excluding carboxylic acids is 2. The van der Waals surface area contributed by atoms with Crippen molar-refractivity contribution in [2.24, 2.45) is 0 Å². The third kappa shape index (κ3) is 2.61. The van der Waals surface area contributed by atoms with Crippen molar-refractivity contribution in [3.05, 3.63) is 66.2 Å². The molecule has 0 radical (unpaired) electrons. The first-order valence-corrected chi connectivity index (χ1v) is 8.74. The Balaban J connectivity index is 2.24. The summed E-state index contributed by atoms with van der Waals surface area (Å²) < 4.78 is 1.70. The Kier molecular flexibility index (Phi) is 4.13. The van der Waals surface area contributed by atoms with Crippen LogP contribution < -0.4 is 4.90 Å². The van der Waals surface area contributed by atoms with Crippen molar-refractivity contribution in [1.29, 1.82) is 5.26 Å². The van der Waals surface area contributed by atoms with Crippen LogP contribution in [-0.4, -0.2) is 21.2 Å². The van der Waals surface area contributed by atoms with Crippen molar-refractivity contribution in [2.45, 2.75) is 13.8 Å². The van der Waals surface area contributed by atoms with E-state index in [4.69, 9.17) is 0 Å². The average molecular weight is 368 g/mol. The molecule has 0 unspecified atom stereocenters. The molecule has 6 nitrogen and oxygen atoms in total. The molecule has 0 spiro atoms. The van der Waals surface area contributed by atoms with E-state index in [1.165, 1.54) is 13.8 Å². The van der Waals surface area contributed by atoms with E-state index in [1.807, 2.05) is 60.7 Å². The number of nitrogens with zero attached hydrogens (tertiary/aromatic N) is 4. The minimum absolute atomic E-state index is 0.215. The Morgan fingerprint density at radius 2 is 1.64 bits per heavy atom. The van der Waals surface area contributed by atoms with Gasteiger partial charge < -0.3 is 0 Å². The number of imidazole rings is 1. The molecule has 0 aliphatic carbocycles. The molecule has 2 aromatic carbocycles. The summed E-state index contributed by atoms with van der Waals surface area (Å²) in [4.78, 5) is 30.4. The fourth-order valence-electron chi connectivity index (χ4n) is 3.48. The van der Waals surface area contributed by atoms with E-state index >= 15 is 0 Å². The summed E-state index contributed by atoms with van der Waals surface area (Å²) in [6.45, 7) is 2.62. The van der Waals surface area contributed by atoms with E-state index in [0.29, 0.717) is 16.7 Å². The Bertz CT molecular complexity index is 1270. The molecule has 6 heteroatoms. The van der Waals surface area contributed by atoms with Crippen LogP contribution >= 0.6 is 0 Å².